The topological polar surface area (TPSA) is 23.6 Å². The molecule has 2 heterocycles. The van der Waals surface area contributed by atoms with Gasteiger partial charge in [-0.1, -0.05) is 12.1 Å². The summed E-state index contributed by atoms with van der Waals surface area (Å²) in [6.45, 7) is 7.23. The predicted octanol–water partition coefficient (Wildman–Crippen LogP) is 3.67. The summed E-state index contributed by atoms with van der Waals surface area (Å²) in [6.07, 6.45) is 6.69. The lowest BCUT2D eigenvalue weighted by atomic mass is 9.92. The summed E-state index contributed by atoms with van der Waals surface area (Å²) in [7, 11) is 0. The van der Waals surface area contributed by atoms with E-state index in [-0.39, 0.29) is 17.8 Å². The largest absolute Gasteiger partial charge is 0.336 e. The Labute approximate surface area is 144 Å². The number of aryl methyl sites for hydroxylation is 1. The van der Waals surface area contributed by atoms with Gasteiger partial charge in [0, 0.05) is 33.1 Å². The molecule has 0 N–H and O–H groups in total. The van der Waals surface area contributed by atoms with Gasteiger partial charge in [0.1, 0.15) is 5.82 Å². The van der Waals surface area contributed by atoms with Crippen LogP contribution in [0.1, 0.15) is 43.7 Å². The quantitative estimate of drug-likeness (QED) is 0.790. The Balaban J connectivity index is 1.70. The molecule has 1 aromatic carbocycles. The first-order valence-corrected chi connectivity index (χ1v) is 8.98. The van der Waals surface area contributed by atoms with Crippen LogP contribution in [0, 0.1) is 12.7 Å². The van der Waals surface area contributed by atoms with E-state index in [4.69, 9.17) is 0 Å². The highest BCUT2D eigenvalue weighted by atomic mass is 19.1. The molecule has 3 nitrogen and oxygen atoms in total. The van der Waals surface area contributed by atoms with Gasteiger partial charge in [-0.15, -0.1) is 0 Å². The van der Waals surface area contributed by atoms with E-state index in [1.165, 1.54) is 18.1 Å². The van der Waals surface area contributed by atoms with Crippen LogP contribution in [0.4, 0.5) is 4.39 Å². The first-order valence-electron chi connectivity index (χ1n) is 8.98. The molecule has 0 aromatic heterocycles. The summed E-state index contributed by atoms with van der Waals surface area (Å²) in [4.78, 5) is 16.4. The van der Waals surface area contributed by atoms with Crippen LogP contribution in [0.25, 0.3) is 0 Å². The second-order valence-corrected chi connectivity index (χ2v) is 7.07. The summed E-state index contributed by atoms with van der Waals surface area (Å²) >= 11 is 0. The zero-order valence-electron chi connectivity index (χ0n) is 14.7. The monoisotopic (exact) mass is 330 g/mol. The fourth-order valence-corrected chi connectivity index (χ4v) is 3.96. The van der Waals surface area contributed by atoms with E-state index in [2.05, 4.69) is 11.0 Å². The lowest BCUT2D eigenvalue weighted by molar-refractivity contribution is -0.131. The Morgan fingerprint density at radius 3 is 2.92 bits per heavy atom. The van der Waals surface area contributed by atoms with Crippen LogP contribution in [0.15, 0.2) is 29.8 Å². The van der Waals surface area contributed by atoms with Crippen LogP contribution in [-0.2, 0) is 11.3 Å². The highest BCUT2D eigenvalue weighted by Gasteiger charge is 2.29. The SMILES string of the molecule is CC(=O)N1CCCCC1C1=CCCN(Cc2cc(F)ccc2C)C1. The molecule has 0 saturated carbocycles. The van der Waals surface area contributed by atoms with E-state index in [1.807, 2.05) is 17.9 Å². The maximum absolute atomic E-state index is 13.5. The maximum Gasteiger partial charge on any atom is 0.219 e. The van der Waals surface area contributed by atoms with Crippen molar-refractivity contribution in [2.75, 3.05) is 19.6 Å². The fraction of sp³-hybridized carbons (Fsp3) is 0.550. The Morgan fingerprint density at radius 1 is 1.29 bits per heavy atom. The molecule has 4 heteroatoms. The molecule has 1 amide bonds. The minimum Gasteiger partial charge on any atom is -0.336 e. The third-order valence-corrected chi connectivity index (χ3v) is 5.30. The number of hydrogen-bond acceptors (Lipinski definition) is 2. The number of carbonyl (C=O) groups is 1. The minimum atomic E-state index is -0.168. The molecule has 0 aliphatic carbocycles. The molecule has 1 saturated heterocycles. The van der Waals surface area contributed by atoms with E-state index in [1.54, 1.807) is 13.0 Å². The van der Waals surface area contributed by atoms with Crippen molar-refractivity contribution in [1.82, 2.24) is 9.80 Å². The van der Waals surface area contributed by atoms with Crippen molar-refractivity contribution in [3.05, 3.63) is 46.8 Å². The van der Waals surface area contributed by atoms with Gasteiger partial charge < -0.3 is 4.90 Å². The molecule has 0 radical (unpaired) electrons. The number of hydrogen-bond donors (Lipinski definition) is 0. The van der Waals surface area contributed by atoms with Gasteiger partial charge in [0.15, 0.2) is 0 Å². The van der Waals surface area contributed by atoms with E-state index in [0.717, 1.165) is 56.6 Å². The molecular formula is C20H27FN2O. The van der Waals surface area contributed by atoms with Gasteiger partial charge in [0.25, 0.3) is 0 Å². The standard InChI is InChI=1S/C20H27FN2O/c1-15-8-9-19(21)12-18(15)14-22-10-5-6-17(13-22)20-7-3-4-11-23(20)16(2)24/h6,8-9,12,20H,3-5,7,10-11,13-14H2,1-2H3. The van der Waals surface area contributed by atoms with Crippen molar-refractivity contribution in [3.63, 3.8) is 0 Å². The normalized spacial score (nSPS) is 22.4. The maximum atomic E-state index is 13.5. The number of rotatable bonds is 3. The Kier molecular flexibility index (Phi) is 5.34. The molecule has 1 fully saturated rings. The van der Waals surface area contributed by atoms with Crippen LogP contribution in [0.2, 0.25) is 0 Å². The smallest absolute Gasteiger partial charge is 0.219 e. The van der Waals surface area contributed by atoms with Crippen LogP contribution >= 0.6 is 0 Å². The van der Waals surface area contributed by atoms with Gasteiger partial charge in [0.05, 0.1) is 6.04 Å². The number of likely N-dealkylation sites (tertiary alicyclic amines) is 1. The second-order valence-electron chi connectivity index (χ2n) is 7.07. The van der Waals surface area contributed by atoms with Crippen LogP contribution < -0.4 is 0 Å². The molecule has 2 aliphatic heterocycles. The van der Waals surface area contributed by atoms with Crippen molar-refractivity contribution in [2.24, 2.45) is 0 Å². The molecular weight excluding hydrogens is 303 g/mol. The summed E-state index contributed by atoms with van der Waals surface area (Å²) in [5, 5.41) is 0. The van der Waals surface area contributed by atoms with Crippen molar-refractivity contribution in [1.29, 1.82) is 0 Å². The van der Waals surface area contributed by atoms with E-state index >= 15 is 0 Å². The number of piperidine rings is 1. The second kappa shape index (κ2) is 7.47. The summed E-state index contributed by atoms with van der Waals surface area (Å²) in [5.41, 5.74) is 3.56. The summed E-state index contributed by atoms with van der Waals surface area (Å²) < 4.78 is 13.5. The third kappa shape index (κ3) is 3.86. The van der Waals surface area contributed by atoms with Crippen LogP contribution in [0.3, 0.4) is 0 Å². The first kappa shape index (κ1) is 17.2. The number of carbonyl (C=O) groups excluding carboxylic acids is 1. The zero-order chi connectivity index (χ0) is 17.1. The molecule has 1 aromatic rings. The van der Waals surface area contributed by atoms with E-state index < -0.39 is 0 Å². The molecule has 0 bridgehead atoms. The van der Waals surface area contributed by atoms with Gasteiger partial charge in [0.2, 0.25) is 5.91 Å². The summed E-state index contributed by atoms with van der Waals surface area (Å²) in [5.74, 6) is 0.0112. The first-order chi connectivity index (χ1) is 11.5. The highest BCUT2D eigenvalue weighted by Crippen LogP contribution is 2.27. The fourth-order valence-electron chi connectivity index (χ4n) is 3.96. The Bertz CT molecular complexity index is 641. The van der Waals surface area contributed by atoms with E-state index in [0.29, 0.717) is 0 Å². The van der Waals surface area contributed by atoms with Crippen LogP contribution in [0.5, 0.6) is 0 Å². The van der Waals surface area contributed by atoms with E-state index in [9.17, 15) is 9.18 Å². The molecule has 130 valence electrons. The average molecular weight is 330 g/mol. The van der Waals surface area contributed by atoms with Crippen molar-refractivity contribution in [2.45, 2.75) is 52.1 Å². The highest BCUT2D eigenvalue weighted by molar-refractivity contribution is 5.74. The third-order valence-electron chi connectivity index (χ3n) is 5.30. The predicted molar refractivity (Wildman–Crippen MR) is 94.1 cm³/mol. The van der Waals surface area contributed by atoms with Crippen molar-refractivity contribution < 1.29 is 9.18 Å². The molecule has 24 heavy (non-hydrogen) atoms. The zero-order valence-corrected chi connectivity index (χ0v) is 14.7. The molecule has 1 atom stereocenters. The van der Waals surface area contributed by atoms with Gasteiger partial charge in [-0.3, -0.25) is 9.69 Å². The van der Waals surface area contributed by atoms with Gasteiger partial charge in [-0.2, -0.15) is 0 Å². The van der Waals surface area contributed by atoms with Crippen LogP contribution in [-0.4, -0.2) is 41.4 Å². The molecule has 1 unspecified atom stereocenters. The molecule has 3 rings (SSSR count). The lowest BCUT2D eigenvalue weighted by Gasteiger charge is -2.40. The number of amides is 1. The Hall–Kier alpha value is -1.68. The minimum absolute atomic E-state index is 0.168. The van der Waals surface area contributed by atoms with Crippen molar-refractivity contribution in [3.8, 4) is 0 Å². The Morgan fingerprint density at radius 2 is 2.12 bits per heavy atom. The average Bonchev–Trinajstić information content (AvgIpc) is 2.58. The number of nitrogens with zero attached hydrogens (tertiary/aromatic N) is 2. The number of halogens is 1. The van der Waals surface area contributed by atoms with Gasteiger partial charge in [-0.25, -0.2) is 4.39 Å². The van der Waals surface area contributed by atoms with Crippen molar-refractivity contribution >= 4 is 5.91 Å². The summed E-state index contributed by atoms with van der Waals surface area (Å²) in [6, 6.07) is 5.28. The molecule has 0 spiro atoms. The molecule has 2 aliphatic rings. The van der Waals surface area contributed by atoms with Gasteiger partial charge >= 0.3 is 0 Å². The van der Waals surface area contributed by atoms with Gasteiger partial charge in [-0.05, 0) is 61.4 Å². The number of benzene rings is 1. The lowest BCUT2D eigenvalue weighted by Crippen LogP contribution is -2.46.